The number of aromatic nitrogens is 1. The Kier molecular flexibility index (Phi) is 8.51. The molecule has 2 atom stereocenters. The second-order valence-electron chi connectivity index (χ2n) is 11.9. The van der Waals surface area contributed by atoms with Crippen LogP contribution in [0.1, 0.15) is 66.3 Å². The van der Waals surface area contributed by atoms with Crippen molar-refractivity contribution in [1.29, 1.82) is 0 Å². The number of hydrogen-bond acceptors (Lipinski definition) is 6. The summed E-state index contributed by atoms with van der Waals surface area (Å²) >= 11 is 6.23. The lowest BCUT2D eigenvalue weighted by molar-refractivity contribution is -0.123. The first kappa shape index (κ1) is 30.8. The van der Waals surface area contributed by atoms with Gasteiger partial charge < -0.3 is 25.3 Å². The number of benzene rings is 2. The quantitative estimate of drug-likeness (QED) is 0.304. The van der Waals surface area contributed by atoms with E-state index in [-0.39, 0.29) is 24.0 Å². The first-order valence-corrected chi connectivity index (χ1v) is 14.6. The summed E-state index contributed by atoms with van der Waals surface area (Å²) in [7, 11) is 1.90. The van der Waals surface area contributed by atoms with Gasteiger partial charge in [-0.1, -0.05) is 29.8 Å². The van der Waals surface area contributed by atoms with E-state index in [0.29, 0.717) is 35.3 Å². The number of carbonyl (C=O) groups is 4. The molecule has 1 saturated heterocycles. The highest BCUT2D eigenvalue weighted by atomic mass is 35.5. The van der Waals surface area contributed by atoms with Crippen molar-refractivity contribution < 1.29 is 23.9 Å². The summed E-state index contributed by atoms with van der Waals surface area (Å²) in [6.45, 7) is 6.16. The van der Waals surface area contributed by atoms with Crippen LogP contribution in [0.2, 0.25) is 5.02 Å². The van der Waals surface area contributed by atoms with E-state index in [2.05, 4.69) is 5.32 Å². The Bertz CT molecular complexity index is 1640. The van der Waals surface area contributed by atoms with E-state index in [9.17, 15) is 19.2 Å². The fraction of sp³-hybridized carbons (Fsp3) is 0.344. The number of ether oxygens (including phenoxy) is 1. The molecule has 0 spiro atoms. The van der Waals surface area contributed by atoms with Crippen LogP contribution in [-0.4, -0.2) is 69.1 Å². The molecular formula is C32H35ClN6O5. The second kappa shape index (κ2) is 12.2. The van der Waals surface area contributed by atoms with Crippen LogP contribution in [0.3, 0.4) is 0 Å². The largest absolute Gasteiger partial charge is 0.487 e. The maximum atomic E-state index is 14.5. The molecule has 2 unspecified atom stereocenters. The number of primary amides is 1. The fourth-order valence-electron chi connectivity index (χ4n) is 5.40. The van der Waals surface area contributed by atoms with Crippen LogP contribution < -0.4 is 15.8 Å². The zero-order chi connectivity index (χ0) is 31.8. The summed E-state index contributed by atoms with van der Waals surface area (Å²) in [5.74, 6) is -0.810. The van der Waals surface area contributed by atoms with Crippen LogP contribution in [0, 0.1) is 0 Å². The van der Waals surface area contributed by atoms with E-state index in [1.54, 1.807) is 35.2 Å². The molecule has 3 heterocycles. The third kappa shape index (κ3) is 6.62. The fourth-order valence-corrected chi connectivity index (χ4v) is 5.53. The number of aliphatic imine (C=N–C) groups is 1. The SMILES string of the molecule is Cn1ccc(C2C(c3ccc(Cl)cc3)N=C(c3ccc(C(=O)CC(N)=O)cc3OC(C)(C)C)N2C(=O)N2CCNC(=O)C2)c1. The Labute approximate surface area is 260 Å². The predicted molar refractivity (Wildman–Crippen MR) is 166 cm³/mol. The van der Waals surface area contributed by atoms with Crippen LogP contribution in [0.15, 0.2) is 65.9 Å². The lowest BCUT2D eigenvalue weighted by Gasteiger charge is -2.35. The summed E-state index contributed by atoms with van der Waals surface area (Å²) in [5.41, 5.74) is 6.99. The number of amidine groups is 1. The van der Waals surface area contributed by atoms with Gasteiger partial charge >= 0.3 is 6.03 Å². The van der Waals surface area contributed by atoms with Crippen molar-refractivity contribution in [1.82, 2.24) is 19.7 Å². The highest BCUT2D eigenvalue weighted by Crippen LogP contribution is 2.45. The number of nitrogens with zero attached hydrogens (tertiary/aromatic N) is 4. The minimum Gasteiger partial charge on any atom is -0.487 e. The molecule has 0 saturated carbocycles. The van der Waals surface area contributed by atoms with Crippen molar-refractivity contribution in [3.8, 4) is 5.75 Å². The molecule has 0 radical (unpaired) electrons. The number of Topliss-reactive ketones (excluding diaryl/α,β-unsaturated/α-hetero) is 1. The van der Waals surface area contributed by atoms with Gasteiger partial charge in [-0.2, -0.15) is 0 Å². The van der Waals surface area contributed by atoms with E-state index in [4.69, 9.17) is 27.1 Å². The van der Waals surface area contributed by atoms with Crippen LogP contribution >= 0.6 is 11.6 Å². The van der Waals surface area contributed by atoms with Crippen LogP contribution in [0.25, 0.3) is 0 Å². The van der Waals surface area contributed by atoms with Crippen molar-refractivity contribution in [3.05, 3.63) is 88.2 Å². The normalized spacial score (nSPS) is 18.6. The smallest absolute Gasteiger partial charge is 0.326 e. The monoisotopic (exact) mass is 618 g/mol. The summed E-state index contributed by atoms with van der Waals surface area (Å²) in [5, 5.41) is 3.34. The number of nitrogens with one attached hydrogen (secondary N) is 1. The molecule has 0 bridgehead atoms. The number of piperazine rings is 1. The molecule has 4 amide bonds. The zero-order valence-corrected chi connectivity index (χ0v) is 25.8. The minimum atomic E-state index is -0.739. The Balaban J connectivity index is 1.71. The standard InChI is InChI=1S/C32H35ClN6O5/c1-32(2,3)44-25-15-20(24(40)16-26(34)41)7-10-23(25)30-36-28(19-5-8-22(33)9-6-19)29(21-11-13-37(4)17-21)39(30)31(43)38-14-12-35-27(42)18-38/h5-11,13,15,17,28-29H,12,14,16,18H2,1-4H3,(H2,34,41)(H,35,42). The van der Waals surface area contributed by atoms with Crippen LogP contribution in [-0.2, 0) is 16.6 Å². The molecule has 3 aromatic rings. The lowest BCUT2D eigenvalue weighted by atomic mass is 9.95. The predicted octanol–water partition coefficient (Wildman–Crippen LogP) is 4.01. The number of amides is 4. The molecule has 3 N–H and O–H groups in total. The van der Waals surface area contributed by atoms with Crippen molar-refractivity contribution in [2.45, 2.75) is 44.9 Å². The maximum Gasteiger partial charge on any atom is 0.326 e. The average Bonchev–Trinajstić information content (AvgIpc) is 3.55. The van der Waals surface area contributed by atoms with Gasteiger partial charge in [0.25, 0.3) is 0 Å². The molecule has 1 aromatic heterocycles. The highest BCUT2D eigenvalue weighted by molar-refractivity contribution is 6.30. The van der Waals surface area contributed by atoms with Gasteiger partial charge in [0.2, 0.25) is 11.8 Å². The van der Waals surface area contributed by atoms with E-state index in [1.807, 2.05) is 63.0 Å². The number of ketones is 1. The van der Waals surface area contributed by atoms with Crippen LogP contribution in [0.5, 0.6) is 5.75 Å². The van der Waals surface area contributed by atoms with Gasteiger partial charge in [-0.05, 0) is 62.2 Å². The average molecular weight is 619 g/mol. The molecule has 12 heteroatoms. The Morgan fingerprint density at radius 1 is 1.09 bits per heavy atom. The van der Waals surface area contributed by atoms with Gasteiger partial charge in [0, 0.05) is 43.1 Å². The molecule has 2 aromatic carbocycles. The summed E-state index contributed by atoms with van der Waals surface area (Å²) in [6, 6.07) is 12.5. The molecule has 5 rings (SSSR count). The van der Waals surface area contributed by atoms with Gasteiger partial charge in [0.1, 0.15) is 29.8 Å². The molecule has 0 aliphatic carbocycles. The Morgan fingerprint density at radius 2 is 1.82 bits per heavy atom. The topological polar surface area (TPSA) is 139 Å². The van der Waals surface area contributed by atoms with Crippen molar-refractivity contribution in [2.75, 3.05) is 19.6 Å². The Hall–Kier alpha value is -4.64. The third-order valence-corrected chi connectivity index (χ3v) is 7.54. The van der Waals surface area contributed by atoms with Gasteiger partial charge in [0.05, 0.1) is 18.0 Å². The molecule has 2 aliphatic rings. The summed E-state index contributed by atoms with van der Waals surface area (Å²) in [4.78, 5) is 59.4. The van der Waals surface area contributed by atoms with Crippen molar-refractivity contribution in [3.63, 3.8) is 0 Å². The third-order valence-electron chi connectivity index (χ3n) is 7.29. The lowest BCUT2D eigenvalue weighted by Crippen LogP contribution is -2.55. The number of aryl methyl sites for hydroxylation is 1. The number of hydrogen-bond donors (Lipinski definition) is 2. The minimum absolute atomic E-state index is 0.0956. The molecule has 2 aliphatic heterocycles. The maximum absolute atomic E-state index is 14.5. The van der Waals surface area contributed by atoms with Crippen molar-refractivity contribution >= 4 is 41.1 Å². The van der Waals surface area contributed by atoms with E-state index in [1.165, 1.54) is 4.90 Å². The zero-order valence-electron chi connectivity index (χ0n) is 25.0. The van der Waals surface area contributed by atoms with E-state index in [0.717, 1.165) is 11.1 Å². The molecule has 1 fully saturated rings. The summed E-state index contributed by atoms with van der Waals surface area (Å²) in [6.07, 6.45) is 3.38. The molecule has 11 nitrogen and oxygen atoms in total. The highest BCUT2D eigenvalue weighted by Gasteiger charge is 2.45. The number of halogens is 1. The van der Waals surface area contributed by atoms with Gasteiger partial charge in [-0.15, -0.1) is 0 Å². The molecule has 230 valence electrons. The van der Waals surface area contributed by atoms with Crippen molar-refractivity contribution in [2.24, 2.45) is 17.8 Å². The van der Waals surface area contributed by atoms with Gasteiger partial charge in [-0.25, -0.2) is 4.79 Å². The molecular weight excluding hydrogens is 584 g/mol. The second-order valence-corrected chi connectivity index (χ2v) is 12.4. The van der Waals surface area contributed by atoms with E-state index < -0.39 is 35.8 Å². The first-order valence-electron chi connectivity index (χ1n) is 14.3. The number of urea groups is 1. The first-order chi connectivity index (χ1) is 20.8. The Morgan fingerprint density at radius 3 is 2.43 bits per heavy atom. The molecule has 44 heavy (non-hydrogen) atoms. The number of rotatable bonds is 7. The number of carbonyl (C=O) groups excluding carboxylic acids is 4. The van der Waals surface area contributed by atoms with Crippen LogP contribution in [0.4, 0.5) is 4.79 Å². The van der Waals surface area contributed by atoms with Gasteiger partial charge in [-0.3, -0.25) is 24.3 Å². The summed E-state index contributed by atoms with van der Waals surface area (Å²) < 4.78 is 8.25. The van der Waals surface area contributed by atoms with E-state index >= 15 is 0 Å². The van der Waals surface area contributed by atoms with Gasteiger partial charge in [0.15, 0.2) is 5.78 Å². The number of nitrogens with two attached hydrogens (primary N) is 1.